The summed E-state index contributed by atoms with van der Waals surface area (Å²) in [6, 6.07) is 13.4. The molecule has 1 atom stereocenters. The highest BCUT2D eigenvalue weighted by atomic mass is 35.5. The molecule has 0 radical (unpaired) electrons. The molecule has 0 aromatic heterocycles. The summed E-state index contributed by atoms with van der Waals surface area (Å²) in [5.41, 5.74) is 1.50. The van der Waals surface area contributed by atoms with Gasteiger partial charge in [0.05, 0.1) is 5.69 Å². The second-order valence-electron chi connectivity index (χ2n) is 7.66. The summed E-state index contributed by atoms with van der Waals surface area (Å²) in [5, 5.41) is 3.22. The minimum Gasteiger partial charge on any atom is -0.350 e. The van der Waals surface area contributed by atoms with Gasteiger partial charge in [-0.15, -0.1) is 0 Å². The van der Waals surface area contributed by atoms with Crippen LogP contribution in [0.4, 0.5) is 11.4 Å². The van der Waals surface area contributed by atoms with Crippen molar-refractivity contribution in [2.45, 2.75) is 32.2 Å². The Morgan fingerprint density at radius 2 is 1.65 bits per heavy atom. The maximum absolute atomic E-state index is 12.8. The lowest BCUT2D eigenvalue weighted by molar-refractivity contribution is -0.120. The lowest BCUT2D eigenvalue weighted by Crippen LogP contribution is -2.42. The molecular weight excluding hydrogens is 437 g/mol. The molecule has 160 valence electrons. The molecule has 2 heterocycles. The zero-order chi connectivity index (χ0) is 22.1. The third-order valence-electron chi connectivity index (χ3n) is 5.58. The SMILES string of the molecule is CC1CCCCN1C(=O)c1ccc(NC2=C(Cl)C(=O)N(c3ccc(Cl)cc3)C2=O)cc1. The Hall–Kier alpha value is -2.83. The van der Waals surface area contributed by atoms with E-state index in [0.717, 1.165) is 30.7 Å². The average Bonchev–Trinajstić information content (AvgIpc) is 2.98. The molecule has 31 heavy (non-hydrogen) atoms. The molecule has 2 aromatic rings. The molecule has 1 N–H and O–H groups in total. The van der Waals surface area contributed by atoms with E-state index in [1.54, 1.807) is 48.5 Å². The number of amides is 3. The van der Waals surface area contributed by atoms with Crippen molar-refractivity contribution in [3.63, 3.8) is 0 Å². The predicted octanol–water partition coefficient (Wildman–Crippen LogP) is 4.79. The van der Waals surface area contributed by atoms with Crippen LogP contribution in [0.1, 0.15) is 36.5 Å². The third kappa shape index (κ3) is 4.18. The molecular formula is C23H21Cl2N3O3. The highest BCUT2D eigenvalue weighted by molar-refractivity contribution is 6.53. The van der Waals surface area contributed by atoms with Gasteiger partial charge in [-0.2, -0.15) is 0 Å². The number of imide groups is 1. The van der Waals surface area contributed by atoms with Gasteiger partial charge in [0.15, 0.2) is 0 Å². The summed E-state index contributed by atoms with van der Waals surface area (Å²) >= 11 is 12.1. The fraction of sp³-hybridized carbons (Fsp3) is 0.261. The maximum atomic E-state index is 12.8. The highest BCUT2D eigenvalue weighted by Crippen LogP contribution is 2.31. The first kappa shape index (κ1) is 21.4. The molecule has 0 spiro atoms. The third-order valence-corrected chi connectivity index (χ3v) is 6.18. The van der Waals surface area contributed by atoms with E-state index >= 15 is 0 Å². The molecule has 8 heteroatoms. The van der Waals surface area contributed by atoms with E-state index < -0.39 is 11.8 Å². The Labute approximate surface area is 190 Å². The minimum absolute atomic E-state index is 0.00275. The van der Waals surface area contributed by atoms with E-state index in [-0.39, 0.29) is 22.7 Å². The van der Waals surface area contributed by atoms with Gasteiger partial charge in [-0.25, -0.2) is 4.90 Å². The number of likely N-dealkylation sites (tertiary alicyclic amines) is 1. The lowest BCUT2D eigenvalue weighted by atomic mass is 10.0. The summed E-state index contributed by atoms with van der Waals surface area (Å²) < 4.78 is 0. The molecule has 1 unspecified atom stereocenters. The van der Waals surface area contributed by atoms with Crippen LogP contribution in [0.3, 0.4) is 0 Å². The predicted molar refractivity (Wildman–Crippen MR) is 121 cm³/mol. The number of carbonyl (C=O) groups is 3. The number of halogens is 2. The first-order valence-electron chi connectivity index (χ1n) is 10.1. The molecule has 6 nitrogen and oxygen atoms in total. The Morgan fingerprint density at radius 3 is 2.29 bits per heavy atom. The Morgan fingerprint density at radius 1 is 0.968 bits per heavy atom. The van der Waals surface area contributed by atoms with Crippen LogP contribution in [0.25, 0.3) is 0 Å². The number of piperidine rings is 1. The molecule has 3 amide bonds. The zero-order valence-corrected chi connectivity index (χ0v) is 18.4. The zero-order valence-electron chi connectivity index (χ0n) is 16.9. The largest absolute Gasteiger partial charge is 0.350 e. The lowest BCUT2D eigenvalue weighted by Gasteiger charge is -2.33. The van der Waals surface area contributed by atoms with Gasteiger partial charge in [0.1, 0.15) is 10.7 Å². The number of hydrogen-bond acceptors (Lipinski definition) is 4. The number of anilines is 2. The summed E-state index contributed by atoms with van der Waals surface area (Å²) in [6.07, 6.45) is 3.17. The van der Waals surface area contributed by atoms with Crippen LogP contribution in [0, 0.1) is 0 Å². The number of carbonyl (C=O) groups excluding carboxylic acids is 3. The quantitative estimate of drug-likeness (QED) is 0.669. The van der Waals surface area contributed by atoms with Crippen LogP contribution in [0.2, 0.25) is 5.02 Å². The van der Waals surface area contributed by atoms with Crippen molar-refractivity contribution in [1.82, 2.24) is 4.90 Å². The second-order valence-corrected chi connectivity index (χ2v) is 8.47. The molecule has 0 bridgehead atoms. The van der Waals surface area contributed by atoms with Crippen molar-refractivity contribution in [2.75, 3.05) is 16.8 Å². The normalized spacial score (nSPS) is 19.3. The molecule has 0 saturated carbocycles. The molecule has 2 aromatic carbocycles. The van der Waals surface area contributed by atoms with E-state index in [1.807, 2.05) is 4.90 Å². The number of benzene rings is 2. The number of nitrogens with zero attached hydrogens (tertiary/aromatic N) is 2. The Kier molecular flexibility index (Phi) is 6.03. The van der Waals surface area contributed by atoms with Gasteiger partial charge in [0.2, 0.25) is 0 Å². The number of hydrogen-bond donors (Lipinski definition) is 1. The Bertz CT molecular complexity index is 1060. The first-order valence-corrected chi connectivity index (χ1v) is 10.8. The van der Waals surface area contributed by atoms with E-state index in [4.69, 9.17) is 23.2 Å². The summed E-state index contributed by atoms with van der Waals surface area (Å²) in [4.78, 5) is 41.1. The van der Waals surface area contributed by atoms with E-state index in [0.29, 0.717) is 22.0 Å². The van der Waals surface area contributed by atoms with Gasteiger partial charge in [-0.3, -0.25) is 14.4 Å². The molecule has 1 saturated heterocycles. The van der Waals surface area contributed by atoms with Crippen LogP contribution in [0.5, 0.6) is 0 Å². The summed E-state index contributed by atoms with van der Waals surface area (Å²) in [7, 11) is 0. The van der Waals surface area contributed by atoms with Crippen molar-refractivity contribution in [3.8, 4) is 0 Å². The van der Waals surface area contributed by atoms with Crippen LogP contribution in [-0.2, 0) is 9.59 Å². The Balaban J connectivity index is 1.50. The van der Waals surface area contributed by atoms with Gasteiger partial charge in [-0.05, 0) is 74.7 Å². The van der Waals surface area contributed by atoms with Crippen molar-refractivity contribution in [1.29, 1.82) is 0 Å². The molecule has 1 fully saturated rings. The summed E-state index contributed by atoms with van der Waals surface area (Å²) in [5.74, 6) is -1.17. The topological polar surface area (TPSA) is 69.7 Å². The van der Waals surface area contributed by atoms with Crippen LogP contribution >= 0.6 is 23.2 Å². The van der Waals surface area contributed by atoms with Crippen molar-refractivity contribution < 1.29 is 14.4 Å². The van der Waals surface area contributed by atoms with E-state index in [9.17, 15) is 14.4 Å². The van der Waals surface area contributed by atoms with Gasteiger partial charge in [-0.1, -0.05) is 23.2 Å². The molecule has 4 rings (SSSR count). The van der Waals surface area contributed by atoms with E-state index in [1.165, 1.54) is 0 Å². The fourth-order valence-corrected chi connectivity index (χ4v) is 4.18. The van der Waals surface area contributed by atoms with Crippen molar-refractivity contribution in [3.05, 3.63) is 69.8 Å². The molecule has 2 aliphatic heterocycles. The molecule has 2 aliphatic rings. The van der Waals surface area contributed by atoms with Gasteiger partial charge in [0, 0.05) is 28.9 Å². The smallest absolute Gasteiger partial charge is 0.283 e. The number of nitrogens with one attached hydrogen (secondary N) is 1. The maximum Gasteiger partial charge on any atom is 0.283 e. The minimum atomic E-state index is -0.609. The fourth-order valence-electron chi connectivity index (χ4n) is 3.84. The van der Waals surface area contributed by atoms with Crippen molar-refractivity contribution in [2.24, 2.45) is 0 Å². The molecule has 0 aliphatic carbocycles. The van der Waals surface area contributed by atoms with Gasteiger partial charge >= 0.3 is 0 Å². The number of rotatable bonds is 4. The van der Waals surface area contributed by atoms with Crippen LogP contribution in [0.15, 0.2) is 59.3 Å². The monoisotopic (exact) mass is 457 g/mol. The van der Waals surface area contributed by atoms with E-state index in [2.05, 4.69) is 12.2 Å². The van der Waals surface area contributed by atoms with Gasteiger partial charge < -0.3 is 10.2 Å². The van der Waals surface area contributed by atoms with Crippen molar-refractivity contribution >= 4 is 52.3 Å². The summed E-state index contributed by atoms with van der Waals surface area (Å²) in [6.45, 7) is 2.83. The average molecular weight is 458 g/mol. The van der Waals surface area contributed by atoms with Gasteiger partial charge in [0.25, 0.3) is 17.7 Å². The van der Waals surface area contributed by atoms with Crippen LogP contribution < -0.4 is 10.2 Å². The first-order chi connectivity index (χ1) is 14.9. The van der Waals surface area contributed by atoms with Crippen LogP contribution in [-0.4, -0.2) is 35.2 Å². The second kappa shape index (κ2) is 8.73. The highest BCUT2D eigenvalue weighted by Gasteiger charge is 2.39. The standard InChI is InChI=1S/C23H21Cl2N3O3/c1-14-4-2-3-13-27(14)21(29)15-5-9-17(10-6-15)26-20-19(25)22(30)28(23(20)31)18-11-7-16(24)8-12-18/h5-12,14,26H,2-4,13H2,1H3.